The van der Waals surface area contributed by atoms with Gasteiger partial charge in [0.05, 0.1) is 10.6 Å². The van der Waals surface area contributed by atoms with E-state index < -0.39 is 9.39 Å². The van der Waals surface area contributed by atoms with Crippen LogP contribution in [0.1, 0.15) is 62.0 Å². The first-order valence-corrected chi connectivity index (χ1v) is 17.8. The van der Waals surface area contributed by atoms with Gasteiger partial charge in [0, 0.05) is 47.5 Å². The van der Waals surface area contributed by atoms with E-state index in [0.29, 0.717) is 6.04 Å². The van der Waals surface area contributed by atoms with E-state index in [1.165, 1.54) is 59.4 Å². The number of nitrogens with one attached hydrogen (secondary N) is 3. The lowest BCUT2D eigenvalue weighted by molar-refractivity contribution is 0.290. The molecule has 0 bridgehead atoms. The predicted molar refractivity (Wildman–Crippen MR) is 186 cm³/mol. The summed E-state index contributed by atoms with van der Waals surface area (Å²) >= 11 is 1.66. The molecule has 4 heterocycles. The number of piperidine rings is 1. The first-order valence-electron chi connectivity index (χ1n) is 15.0. The number of benzene rings is 1. The minimum absolute atomic E-state index is 0.507. The van der Waals surface area contributed by atoms with E-state index in [2.05, 4.69) is 83.0 Å². The number of aromatic nitrogens is 2. The van der Waals surface area contributed by atoms with E-state index >= 15 is 0 Å². The van der Waals surface area contributed by atoms with Gasteiger partial charge in [0.2, 0.25) is 0 Å². The Labute approximate surface area is 257 Å². The molecule has 1 atom stereocenters. The summed E-state index contributed by atoms with van der Waals surface area (Å²) in [6.07, 6.45) is 5.15. The summed E-state index contributed by atoms with van der Waals surface area (Å²) in [5.41, 5.74) is 8.20. The zero-order chi connectivity index (χ0) is 30.0. The second-order valence-corrected chi connectivity index (χ2v) is 15.3. The van der Waals surface area contributed by atoms with Crippen LogP contribution >= 0.6 is 20.7 Å². The van der Waals surface area contributed by atoms with Crippen LogP contribution in [-0.2, 0) is 6.54 Å². The Bertz CT molecular complexity index is 1570. The lowest BCUT2D eigenvalue weighted by atomic mass is 10.0. The van der Waals surface area contributed by atoms with Gasteiger partial charge in [0.25, 0.3) is 0 Å². The van der Waals surface area contributed by atoms with E-state index in [1.807, 2.05) is 25.1 Å². The van der Waals surface area contributed by atoms with Crippen LogP contribution in [0.15, 0.2) is 54.0 Å². The summed E-state index contributed by atoms with van der Waals surface area (Å²) in [5, 5.41) is 7.47. The third-order valence-electron chi connectivity index (χ3n) is 8.24. The molecule has 1 aromatic carbocycles. The van der Waals surface area contributed by atoms with E-state index in [4.69, 9.17) is 4.98 Å². The van der Waals surface area contributed by atoms with Crippen LogP contribution in [-0.4, -0.2) is 52.3 Å². The lowest BCUT2D eigenvalue weighted by Crippen LogP contribution is -2.28. The van der Waals surface area contributed by atoms with Gasteiger partial charge < -0.3 is 15.5 Å². The molecule has 1 saturated carbocycles. The topological polar surface area (TPSA) is 65.1 Å². The SMILES string of the molecule is C=C1CCCNC1.C=C1c2c(cc(-c3sc(Nc4cccc(C)n4)nc3C)cc2S(=C)(=C)NCC)CN1C(C)C1CC1. The maximum atomic E-state index is 4.82. The van der Waals surface area contributed by atoms with Crippen molar-refractivity contribution in [3.8, 4) is 10.4 Å². The van der Waals surface area contributed by atoms with Gasteiger partial charge in [-0.15, -0.1) is 9.39 Å². The van der Waals surface area contributed by atoms with Crippen molar-refractivity contribution in [1.82, 2.24) is 24.9 Å². The predicted octanol–water partition coefficient (Wildman–Crippen LogP) is 7.63. The molecule has 3 aliphatic rings. The fourth-order valence-corrected chi connectivity index (χ4v) is 8.48. The number of aryl methyl sites for hydroxylation is 2. The zero-order valence-electron chi connectivity index (χ0n) is 25.7. The molecule has 1 saturated heterocycles. The molecule has 8 heteroatoms. The van der Waals surface area contributed by atoms with Crippen molar-refractivity contribution < 1.29 is 0 Å². The molecule has 42 heavy (non-hydrogen) atoms. The summed E-state index contributed by atoms with van der Waals surface area (Å²) in [4.78, 5) is 14.2. The number of fused-ring (bicyclic) bond motifs is 1. The van der Waals surface area contributed by atoms with Crippen LogP contribution in [0.5, 0.6) is 0 Å². The summed E-state index contributed by atoms with van der Waals surface area (Å²) < 4.78 is 3.57. The quantitative estimate of drug-likeness (QED) is 0.182. The minimum atomic E-state index is -1.69. The van der Waals surface area contributed by atoms with Gasteiger partial charge in [-0.2, -0.15) is 0 Å². The Morgan fingerprint density at radius 2 is 1.95 bits per heavy atom. The molecule has 3 aromatic rings. The van der Waals surface area contributed by atoms with Crippen LogP contribution in [0.2, 0.25) is 0 Å². The highest BCUT2D eigenvalue weighted by Crippen LogP contribution is 2.48. The van der Waals surface area contributed by atoms with Gasteiger partial charge in [-0.3, -0.25) is 4.72 Å². The largest absolute Gasteiger partial charge is 0.364 e. The van der Waals surface area contributed by atoms with Crippen molar-refractivity contribution in [2.24, 2.45) is 5.92 Å². The fourth-order valence-electron chi connectivity index (χ4n) is 5.82. The van der Waals surface area contributed by atoms with E-state index in [1.54, 1.807) is 11.3 Å². The molecular weight excluding hydrogens is 557 g/mol. The van der Waals surface area contributed by atoms with Crippen LogP contribution in [0.3, 0.4) is 0 Å². The van der Waals surface area contributed by atoms with Gasteiger partial charge in [0.1, 0.15) is 5.82 Å². The molecular formula is C34H46N6S2. The van der Waals surface area contributed by atoms with Gasteiger partial charge in [-0.25, -0.2) is 9.97 Å². The van der Waals surface area contributed by atoms with E-state index in [0.717, 1.165) is 58.5 Å². The molecule has 224 valence electrons. The van der Waals surface area contributed by atoms with Crippen LogP contribution in [0, 0.1) is 19.8 Å². The summed E-state index contributed by atoms with van der Waals surface area (Å²) in [7, 11) is -1.69. The highest BCUT2D eigenvalue weighted by Gasteiger charge is 2.37. The maximum absolute atomic E-state index is 4.82. The van der Waals surface area contributed by atoms with E-state index in [9.17, 15) is 0 Å². The Balaban J connectivity index is 0.000000442. The van der Waals surface area contributed by atoms with Crippen molar-refractivity contribution in [2.75, 3.05) is 25.0 Å². The van der Waals surface area contributed by atoms with Crippen molar-refractivity contribution in [3.63, 3.8) is 0 Å². The Morgan fingerprint density at radius 3 is 2.57 bits per heavy atom. The molecule has 0 spiro atoms. The highest BCUT2D eigenvalue weighted by atomic mass is 32.2. The molecule has 0 radical (unpaired) electrons. The number of nitrogens with zero attached hydrogens (tertiary/aromatic N) is 3. The number of anilines is 2. The number of thiazole rings is 1. The number of pyridine rings is 1. The molecule has 2 aromatic heterocycles. The van der Waals surface area contributed by atoms with Gasteiger partial charge >= 0.3 is 0 Å². The summed E-state index contributed by atoms with van der Waals surface area (Å²) in [6, 6.07) is 11.1. The third-order valence-corrected chi connectivity index (χ3v) is 11.4. The number of rotatable bonds is 8. The van der Waals surface area contributed by atoms with Crippen LogP contribution < -0.4 is 15.4 Å². The molecule has 3 N–H and O–H groups in total. The Hall–Kier alpha value is -2.91. The van der Waals surface area contributed by atoms with Gasteiger partial charge in [-0.1, -0.05) is 54.8 Å². The monoisotopic (exact) mass is 602 g/mol. The molecule has 2 fully saturated rings. The van der Waals surface area contributed by atoms with Crippen molar-refractivity contribution in [1.29, 1.82) is 0 Å². The molecule has 0 amide bonds. The maximum Gasteiger partial charge on any atom is 0.189 e. The Morgan fingerprint density at radius 1 is 1.17 bits per heavy atom. The normalized spacial score (nSPS) is 17.5. The first-order chi connectivity index (χ1) is 20.1. The van der Waals surface area contributed by atoms with Crippen molar-refractivity contribution >= 4 is 49.1 Å². The smallest absolute Gasteiger partial charge is 0.189 e. The molecule has 1 unspecified atom stereocenters. The average molecular weight is 603 g/mol. The Kier molecular flexibility index (Phi) is 9.28. The van der Waals surface area contributed by atoms with Gasteiger partial charge in [-0.05, 0) is 94.3 Å². The molecule has 6 nitrogen and oxygen atoms in total. The second kappa shape index (κ2) is 12.8. The van der Waals surface area contributed by atoms with Gasteiger partial charge in [0.15, 0.2) is 5.13 Å². The number of hydrogen-bond donors (Lipinski definition) is 3. The minimum Gasteiger partial charge on any atom is -0.364 e. The third kappa shape index (κ3) is 6.83. The average Bonchev–Trinajstić information content (AvgIpc) is 3.66. The first kappa shape index (κ1) is 30.5. The molecule has 1 aliphatic carbocycles. The van der Waals surface area contributed by atoms with Crippen molar-refractivity contribution in [3.05, 3.63) is 71.6 Å². The summed E-state index contributed by atoms with van der Waals surface area (Å²) in [5.74, 6) is 10.7. The fraction of sp³-hybridized carbons (Fsp3) is 0.412. The summed E-state index contributed by atoms with van der Waals surface area (Å²) in [6.45, 7) is 20.9. The standard InChI is InChI=1S/C28H35N5S2.C6H11N/c1-8-29-35(6,7)24-15-22(14-23-16-33(20(5)26(23)24)19(4)21-12-13-21)27-18(3)31-28(34-27)32-25-11-9-10-17(2)30-25;1-6-3-2-4-7-5-6/h9-11,14-15,19,21,29H,5-8,12-13,16H2,1-4H3,(H,30,31,32);7H,1-5H2. The van der Waals surface area contributed by atoms with E-state index in [-0.39, 0.29) is 0 Å². The van der Waals surface area contributed by atoms with Crippen molar-refractivity contribution in [2.45, 2.75) is 70.9 Å². The second-order valence-electron chi connectivity index (χ2n) is 11.8. The number of hydrogen-bond acceptors (Lipinski definition) is 7. The molecule has 2 aliphatic heterocycles. The highest BCUT2D eigenvalue weighted by molar-refractivity contribution is 8.26. The van der Waals surface area contributed by atoms with Crippen LogP contribution in [0.25, 0.3) is 16.1 Å². The molecule has 6 rings (SSSR count). The van der Waals surface area contributed by atoms with Crippen LogP contribution in [0.4, 0.5) is 10.9 Å². The lowest BCUT2D eigenvalue weighted by Gasteiger charge is -2.28. The zero-order valence-corrected chi connectivity index (χ0v) is 27.3.